The molecule has 0 spiro atoms. The van der Waals surface area contributed by atoms with Crippen molar-refractivity contribution >= 4 is 33.2 Å². The molecular formula is C16H20N2O8S2. The molecule has 154 valence electrons. The van der Waals surface area contributed by atoms with E-state index in [9.17, 15) is 0 Å². The number of allylic oxidation sites excluding steroid dienone is 6. The fourth-order valence-corrected chi connectivity index (χ4v) is 3.94. The molecule has 0 aromatic rings. The van der Waals surface area contributed by atoms with Crippen molar-refractivity contribution in [2.24, 2.45) is 17.8 Å². The van der Waals surface area contributed by atoms with Gasteiger partial charge in [0.05, 0.1) is 17.8 Å². The predicted molar refractivity (Wildman–Crippen MR) is 97.9 cm³/mol. The Morgan fingerprint density at radius 3 is 2.04 bits per heavy atom. The second kappa shape index (κ2) is 8.19. The Morgan fingerprint density at radius 1 is 0.929 bits per heavy atom. The fourth-order valence-electron chi connectivity index (χ4n) is 3.94. The monoisotopic (exact) mass is 432 g/mol. The van der Waals surface area contributed by atoms with E-state index in [1.165, 1.54) is 11.3 Å². The minimum absolute atomic E-state index is 0.520. The second-order valence-electron chi connectivity index (χ2n) is 6.56. The predicted octanol–water partition coefficient (Wildman–Crippen LogP) is -0.384. The average molecular weight is 432 g/mol. The van der Waals surface area contributed by atoms with E-state index >= 15 is 0 Å². The Kier molecular flexibility index (Phi) is 6.53. The van der Waals surface area contributed by atoms with Gasteiger partial charge < -0.3 is 9.11 Å². The average Bonchev–Trinajstić information content (AvgIpc) is 2.51. The highest BCUT2D eigenvalue weighted by atomic mass is 32.3. The Labute approximate surface area is 163 Å². The van der Waals surface area contributed by atoms with Crippen molar-refractivity contribution in [3.05, 3.63) is 47.7 Å². The molecule has 0 radical (unpaired) electrons. The summed E-state index contributed by atoms with van der Waals surface area (Å²) in [6.07, 6.45) is 18.4. The van der Waals surface area contributed by atoms with Gasteiger partial charge in [-0.2, -0.15) is 0 Å². The summed E-state index contributed by atoms with van der Waals surface area (Å²) >= 11 is 0. The van der Waals surface area contributed by atoms with Gasteiger partial charge in [0.15, 0.2) is 18.0 Å². The summed E-state index contributed by atoms with van der Waals surface area (Å²) in [4.78, 5) is 0. The highest BCUT2D eigenvalue weighted by molar-refractivity contribution is 7.80. The molecule has 0 aromatic carbocycles. The molecule has 2 aliphatic carbocycles. The molecule has 0 amide bonds. The topological polar surface area (TPSA) is 161 Å². The van der Waals surface area contributed by atoms with Crippen molar-refractivity contribution in [3.8, 4) is 0 Å². The third-order valence-corrected chi connectivity index (χ3v) is 4.72. The Bertz CT molecular complexity index is 987. The van der Waals surface area contributed by atoms with Crippen LogP contribution in [-0.2, 0) is 20.8 Å². The van der Waals surface area contributed by atoms with E-state index in [2.05, 4.69) is 72.1 Å². The van der Waals surface area contributed by atoms with Crippen LogP contribution in [0.3, 0.4) is 0 Å². The summed E-state index contributed by atoms with van der Waals surface area (Å²) in [7, 11) is -5.46. The van der Waals surface area contributed by atoms with E-state index in [4.69, 9.17) is 35.0 Å². The molecule has 4 aliphatic rings. The van der Waals surface area contributed by atoms with Gasteiger partial charge in [-0.1, -0.05) is 24.3 Å². The Balaban J connectivity index is 0.000000237. The van der Waals surface area contributed by atoms with E-state index < -0.39 is 20.8 Å². The number of hydrogen-bond donors (Lipinski definition) is 2. The molecule has 0 bridgehead atoms. The molecular weight excluding hydrogens is 412 g/mol. The maximum Gasteiger partial charge on any atom is 0.215 e. The second-order valence-corrected chi connectivity index (χ2v) is 8.27. The van der Waals surface area contributed by atoms with Gasteiger partial charge in [0, 0.05) is 11.6 Å². The summed E-state index contributed by atoms with van der Waals surface area (Å²) in [6.45, 7) is 0. The lowest BCUT2D eigenvalue weighted by molar-refractivity contribution is -0.544. The van der Waals surface area contributed by atoms with Crippen molar-refractivity contribution in [2.45, 2.75) is 6.04 Å². The summed E-state index contributed by atoms with van der Waals surface area (Å²) in [5.74, 6) is 1.77. The lowest BCUT2D eigenvalue weighted by Gasteiger charge is -2.39. The Hall–Kier alpha value is -1.96. The summed E-state index contributed by atoms with van der Waals surface area (Å²) in [6, 6.07) is 0.520. The first-order valence-corrected chi connectivity index (χ1v) is 10.8. The lowest BCUT2D eigenvalue weighted by atomic mass is 9.66. The molecule has 0 saturated heterocycles. The van der Waals surface area contributed by atoms with Gasteiger partial charge in [-0.3, -0.25) is 9.11 Å². The van der Waals surface area contributed by atoms with Crippen LogP contribution in [0, 0.1) is 17.8 Å². The van der Waals surface area contributed by atoms with Crippen LogP contribution in [-0.4, -0.2) is 76.8 Å². The quantitative estimate of drug-likeness (QED) is 0.297. The van der Waals surface area contributed by atoms with Crippen LogP contribution >= 0.6 is 0 Å². The zero-order valence-corrected chi connectivity index (χ0v) is 16.6. The summed E-state index contributed by atoms with van der Waals surface area (Å²) in [5.41, 5.74) is 2.95. The van der Waals surface area contributed by atoms with Gasteiger partial charge in [-0.05, 0) is 6.08 Å². The third kappa shape index (κ3) is 6.02. The molecule has 28 heavy (non-hydrogen) atoms. The molecule has 2 aliphatic heterocycles. The van der Waals surface area contributed by atoms with E-state index in [0.717, 1.165) is 0 Å². The molecule has 0 fully saturated rings. The van der Waals surface area contributed by atoms with Crippen LogP contribution in [0.15, 0.2) is 47.7 Å². The van der Waals surface area contributed by atoms with Gasteiger partial charge in [0.25, 0.3) is 0 Å². The molecule has 2 N–H and O–H groups in total. The minimum atomic E-state index is -4.92. The molecule has 4 rings (SSSR count). The van der Waals surface area contributed by atoms with Crippen molar-refractivity contribution in [3.63, 3.8) is 0 Å². The number of nitrogens with zero attached hydrogens (tertiary/aromatic N) is 2. The summed E-state index contributed by atoms with van der Waals surface area (Å²) < 4.78 is 70.4. The minimum Gasteiger partial charge on any atom is -0.726 e. The van der Waals surface area contributed by atoms with Gasteiger partial charge >= 0.3 is 0 Å². The molecule has 0 saturated carbocycles. The first-order chi connectivity index (χ1) is 12.8. The van der Waals surface area contributed by atoms with Crippen LogP contribution in [0.4, 0.5) is 0 Å². The van der Waals surface area contributed by atoms with Crippen LogP contribution in [0.5, 0.6) is 0 Å². The van der Waals surface area contributed by atoms with Crippen molar-refractivity contribution in [2.75, 3.05) is 14.1 Å². The van der Waals surface area contributed by atoms with Gasteiger partial charge in [0.2, 0.25) is 20.8 Å². The standard InChI is InChI=1S/C16H18N2.2H2O4S/c1-17-9-11-5-4-8-14-16(11)15-12(10-18(14)2)6-3-7-13(15)17;2*1-5(2,3)4/h3-11,13,15-16H,1-2H3;2*(H2,1,2,3,4)/q+2;;/p-2. The molecule has 4 atom stereocenters. The maximum atomic E-state index is 8.63. The van der Waals surface area contributed by atoms with Crippen molar-refractivity contribution in [1.29, 1.82) is 0 Å². The maximum absolute atomic E-state index is 8.63. The lowest BCUT2D eigenvalue weighted by Crippen LogP contribution is -2.50. The van der Waals surface area contributed by atoms with E-state index in [0.29, 0.717) is 23.8 Å². The molecule has 2 heterocycles. The van der Waals surface area contributed by atoms with E-state index in [-0.39, 0.29) is 0 Å². The molecule has 12 heteroatoms. The first kappa shape index (κ1) is 22.3. The molecule has 4 unspecified atom stereocenters. The van der Waals surface area contributed by atoms with Gasteiger partial charge in [0.1, 0.15) is 20.3 Å². The highest BCUT2D eigenvalue weighted by Gasteiger charge is 2.52. The SMILES string of the molecule is C[N+]1=CC2=CC=CC3C2C2C1=CC=CC2C=[N+]3C.O=S(=O)([O-])O.O=S(=O)([O-])O. The van der Waals surface area contributed by atoms with Crippen molar-refractivity contribution < 1.29 is 44.2 Å². The van der Waals surface area contributed by atoms with Gasteiger partial charge in [-0.25, -0.2) is 26.0 Å². The van der Waals surface area contributed by atoms with Crippen LogP contribution in [0.25, 0.3) is 0 Å². The molecule has 0 aromatic heterocycles. The largest absolute Gasteiger partial charge is 0.726 e. The number of likely N-dealkylation sites (N-methyl/N-ethyl adjacent to an activating group) is 1. The zero-order valence-electron chi connectivity index (χ0n) is 15.0. The smallest absolute Gasteiger partial charge is 0.215 e. The number of rotatable bonds is 0. The van der Waals surface area contributed by atoms with E-state index in [1.807, 2.05) is 0 Å². The first-order valence-electron chi connectivity index (χ1n) is 8.03. The number of hydrogen-bond acceptors (Lipinski definition) is 6. The summed E-state index contributed by atoms with van der Waals surface area (Å²) in [5, 5.41) is 0. The van der Waals surface area contributed by atoms with Gasteiger partial charge in [-0.15, -0.1) is 0 Å². The van der Waals surface area contributed by atoms with E-state index in [1.54, 1.807) is 0 Å². The third-order valence-electron chi connectivity index (χ3n) is 4.72. The van der Waals surface area contributed by atoms with Crippen LogP contribution in [0.2, 0.25) is 0 Å². The normalized spacial score (nSPS) is 29.5. The fraction of sp³-hybridized carbons (Fsp3) is 0.375. The highest BCUT2D eigenvalue weighted by Crippen LogP contribution is 2.44. The zero-order chi connectivity index (χ0) is 21.3. The van der Waals surface area contributed by atoms with Crippen LogP contribution in [0.1, 0.15) is 0 Å². The van der Waals surface area contributed by atoms with Crippen LogP contribution < -0.4 is 0 Å². The molecule has 10 nitrogen and oxygen atoms in total. The Morgan fingerprint density at radius 2 is 1.46 bits per heavy atom. The van der Waals surface area contributed by atoms with Crippen molar-refractivity contribution in [1.82, 2.24) is 0 Å².